The van der Waals surface area contributed by atoms with Crippen LogP contribution in [-0.2, 0) is 0 Å². The van der Waals surface area contributed by atoms with E-state index in [-0.39, 0.29) is 0 Å². The highest BCUT2D eigenvalue weighted by atomic mass is 16.3. The SMILES string of the molecule is c1ccc2cc3c(-c4cc5ccc6ccccc6c5o4)c4ccccc4c(-c4cc5ccc6ccccc6c5o4)c3cc2c1. The van der Waals surface area contributed by atoms with Gasteiger partial charge in [-0.25, -0.2) is 0 Å². The van der Waals surface area contributed by atoms with Crippen molar-refractivity contribution in [3.8, 4) is 22.6 Å². The maximum absolute atomic E-state index is 6.81. The van der Waals surface area contributed by atoms with Crippen LogP contribution in [0.15, 0.2) is 154 Å². The summed E-state index contributed by atoms with van der Waals surface area (Å²) in [6.45, 7) is 0. The van der Waals surface area contributed by atoms with Gasteiger partial charge in [0.1, 0.15) is 22.7 Å². The van der Waals surface area contributed by atoms with Gasteiger partial charge in [-0.1, -0.05) is 121 Å². The predicted octanol–water partition coefficient (Wildman–Crippen LogP) is 12.3. The predicted molar refractivity (Wildman–Crippen MR) is 184 cm³/mol. The van der Waals surface area contributed by atoms with E-state index in [4.69, 9.17) is 8.83 Å². The Labute approximate surface area is 252 Å². The molecule has 0 radical (unpaired) electrons. The molecule has 0 fully saturated rings. The fraction of sp³-hybridized carbons (Fsp3) is 0. The van der Waals surface area contributed by atoms with Crippen molar-refractivity contribution in [3.63, 3.8) is 0 Å². The van der Waals surface area contributed by atoms with Crippen LogP contribution in [-0.4, -0.2) is 0 Å². The topological polar surface area (TPSA) is 26.3 Å². The van der Waals surface area contributed by atoms with Crippen LogP contribution in [0.5, 0.6) is 0 Å². The first kappa shape index (κ1) is 23.7. The van der Waals surface area contributed by atoms with E-state index < -0.39 is 0 Å². The van der Waals surface area contributed by atoms with Gasteiger partial charge < -0.3 is 8.83 Å². The van der Waals surface area contributed by atoms with E-state index in [0.717, 1.165) is 76.9 Å². The van der Waals surface area contributed by atoms with Gasteiger partial charge in [-0.2, -0.15) is 0 Å². The summed E-state index contributed by atoms with van der Waals surface area (Å²) >= 11 is 0. The Morgan fingerprint density at radius 3 is 1.09 bits per heavy atom. The molecule has 44 heavy (non-hydrogen) atoms. The zero-order valence-corrected chi connectivity index (χ0v) is 23.7. The second-order valence-electron chi connectivity index (χ2n) is 11.7. The third kappa shape index (κ3) is 3.31. The molecule has 0 saturated heterocycles. The average molecular weight is 561 g/mol. The Bertz CT molecular complexity index is 2580. The third-order valence-electron chi connectivity index (χ3n) is 9.20. The Hall–Kier alpha value is -5.86. The van der Waals surface area contributed by atoms with Gasteiger partial charge in [0.25, 0.3) is 0 Å². The Kier molecular flexibility index (Phi) is 4.75. The van der Waals surface area contributed by atoms with Crippen molar-refractivity contribution < 1.29 is 8.83 Å². The first-order valence-electron chi connectivity index (χ1n) is 15.0. The normalized spacial score (nSPS) is 12.1. The number of fused-ring (bicyclic) bond motifs is 9. The summed E-state index contributed by atoms with van der Waals surface area (Å²) in [5.41, 5.74) is 4.05. The minimum Gasteiger partial charge on any atom is -0.455 e. The minimum absolute atomic E-state index is 0.870. The third-order valence-corrected chi connectivity index (χ3v) is 9.20. The fourth-order valence-corrected chi connectivity index (χ4v) is 7.18. The van der Waals surface area contributed by atoms with E-state index >= 15 is 0 Å². The Morgan fingerprint density at radius 2 is 0.636 bits per heavy atom. The quantitative estimate of drug-likeness (QED) is 0.197. The summed E-state index contributed by atoms with van der Waals surface area (Å²) < 4.78 is 13.6. The zero-order valence-electron chi connectivity index (χ0n) is 23.7. The molecule has 2 aromatic heterocycles. The molecule has 0 aliphatic carbocycles. The van der Waals surface area contributed by atoms with Crippen molar-refractivity contribution in [2.24, 2.45) is 0 Å². The maximum Gasteiger partial charge on any atom is 0.142 e. The molecular formula is C42H24O2. The van der Waals surface area contributed by atoms with Gasteiger partial charge in [0.15, 0.2) is 0 Å². The second kappa shape index (κ2) is 8.82. The van der Waals surface area contributed by atoms with Crippen molar-refractivity contribution in [2.75, 3.05) is 0 Å². The van der Waals surface area contributed by atoms with Gasteiger partial charge in [0.2, 0.25) is 0 Å². The lowest BCUT2D eigenvalue weighted by Crippen LogP contribution is -1.90. The molecule has 0 aliphatic rings. The first-order chi connectivity index (χ1) is 21.8. The monoisotopic (exact) mass is 560 g/mol. The first-order valence-corrected chi connectivity index (χ1v) is 15.0. The van der Waals surface area contributed by atoms with E-state index in [2.05, 4.69) is 146 Å². The molecule has 0 aliphatic heterocycles. The molecule has 2 heteroatoms. The van der Waals surface area contributed by atoms with Crippen molar-refractivity contribution >= 4 is 75.8 Å². The van der Waals surface area contributed by atoms with Gasteiger partial charge in [-0.05, 0) is 67.4 Å². The lowest BCUT2D eigenvalue weighted by molar-refractivity contribution is 0.635. The van der Waals surface area contributed by atoms with Crippen molar-refractivity contribution in [1.82, 2.24) is 0 Å². The summed E-state index contributed by atoms with van der Waals surface area (Å²) in [5.74, 6) is 1.74. The number of hydrogen-bond donors (Lipinski definition) is 0. The Balaban J connectivity index is 1.36. The summed E-state index contributed by atoms with van der Waals surface area (Å²) in [6, 6.07) is 51.8. The largest absolute Gasteiger partial charge is 0.455 e. The summed E-state index contributed by atoms with van der Waals surface area (Å²) in [6.07, 6.45) is 0. The molecule has 0 atom stereocenters. The zero-order chi connectivity index (χ0) is 28.8. The van der Waals surface area contributed by atoms with Crippen LogP contribution in [0.25, 0.3) is 98.4 Å². The summed E-state index contributed by atoms with van der Waals surface area (Å²) in [4.78, 5) is 0. The summed E-state index contributed by atoms with van der Waals surface area (Å²) in [7, 11) is 0. The maximum atomic E-state index is 6.81. The van der Waals surface area contributed by atoms with Gasteiger partial charge in [0.05, 0.1) is 0 Å². The second-order valence-corrected chi connectivity index (χ2v) is 11.7. The number of rotatable bonds is 2. The molecule has 10 rings (SSSR count). The van der Waals surface area contributed by atoms with Crippen LogP contribution >= 0.6 is 0 Å². The van der Waals surface area contributed by atoms with Crippen molar-refractivity contribution in [1.29, 1.82) is 0 Å². The Morgan fingerprint density at radius 1 is 0.273 bits per heavy atom. The van der Waals surface area contributed by atoms with E-state index in [1.807, 2.05) is 0 Å². The molecule has 0 amide bonds. The molecule has 2 heterocycles. The molecule has 8 aromatic carbocycles. The van der Waals surface area contributed by atoms with Crippen LogP contribution in [0.1, 0.15) is 0 Å². The van der Waals surface area contributed by atoms with Crippen molar-refractivity contribution in [2.45, 2.75) is 0 Å². The van der Waals surface area contributed by atoms with E-state index in [0.29, 0.717) is 0 Å². The number of furan rings is 2. The van der Waals surface area contributed by atoms with Crippen LogP contribution in [0.3, 0.4) is 0 Å². The van der Waals surface area contributed by atoms with Crippen LogP contribution < -0.4 is 0 Å². The molecule has 0 unspecified atom stereocenters. The van der Waals surface area contributed by atoms with Crippen LogP contribution in [0.2, 0.25) is 0 Å². The van der Waals surface area contributed by atoms with Crippen LogP contribution in [0, 0.1) is 0 Å². The lowest BCUT2D eigenvalue weighted by Gasteiger charge is -2.16. The van der Waals surface area contributed by atoms with Crippen molar-refractivity contribution in [3.05, 3.63) is 146 Å². The van der Waals surface area contributed by atoms with E-state index in [9.17, 15) is 0 Å². The molecule has 0 bridgehead atoms. The molecule has 204 valence electrons. The highest BCUT2D eigenvalue weighted by Crippen LogP contribution is 2.47. The van der Waals surface area contributed by atoms with Gasteiger partial charge in [0, 0.05) is 32.7 Å². The smallest absolute Gasteiger partial charge is 0.142 e. The number of hydrogen-bond acceptors (Lipinski definition) is 2. The molecule has 10 aromatic rings. The molecule has 0 N–H and O–H groups in total. The molecule has 2 nitrogen and oxygen atoms in total. The average Bonchev–Trinajstić information content (AvgIpc) is 3.71. The highest BCUT2D eigenvalue weighted by molar-refractivity contribution is 6.24. The lowest BCUT2D eigenvalue weighted by atomic mass is 9.88. The van der Waals surface area contributed by atoms with E-state index in [1.54, 1.807) is 0 Å². The minimum atomic E-state index is 0.870. The fourth-order valence-electron chi connectivity index (χ4n) is 7.18. The summed E-state index contributed by atoms with van der Waals surface area (Å²) in [5, 5.41) is 13.8. The van der Waals surface area contributed by atoms with Gasteiger partial charge in [-0.15, -0.1) is 0 Å². The van der Waals surface area contributed by atoms with Crippen LogP contribution in [0.4, 0.5) is 0 Å². The molecular weight excluding hydrogens is 536 g/mol. The van der Waals surface area contributed by atoms with E-state index in [1.165, 1.54) is 21.5 Å². The van der Waals surface area contributed by atoms with Gasteiger partial charge >= 0.3 is 0 Å². The highest BCUT2D eigenvalue weighted by Gasteiger charge is 2.22. The van der Waals surface area contributed by atoms with Gasteiger partial charge in [-0.3, -0.25) is 0 Å². The standard InChI is InChI=1S/C42H24O2/c1-2-12-28-22-36-35(21-27(28)11-1)39(37-23-29-19-17-25-9-3-5-13-31(25)41(29)43-37)33-15-7-8-16-34(33)40(36)38-24-30-20-18-26-10-4-6-14-32(26)42(30)44-38/h1-24H. The number of benzene rings is 8. The molecule has 0 saturated carbocycles. The molecule has 0 spiro atoms.